The van der Waals surface area contributed by atoms with Crippen LogP contribution in [0, 0.1) is 0 Å². The van der Waals surface area contributed by atoms with Gasteiger partial charge in [-0.2, -0.15) is 13.2 Å². The van der Waals surface area contributed by atoms with E-state index in [1.165, 1.54) is 18.2 Å². The summed E-state index contributed by atoms with van der Waals surface area (Å²) in [6.45, 7) is 3.20. The number of nitrogens with one attached hydrogen (secondary N) is 3. The summed E-state index contributed by atoms with van der Waals surface area (Å²) in [4.78, 5) is 23.7. The number of para-hydroxylation sites is 1. The van der Waals surface area contributed by atoms with Crippen molar-refractivity contribution in [3.05, 3.63) is 41.1 Å². The minimum absolute atomic E-state index is 0.139. The van der Waals surface area contributed by atoms with E-state index in [0.717, 1.165) is 6.07 Å². The first-order chi connectivity index (χ1) is 11.7. The van der Waals surface area contributed by atoms with Crippen molar-refractivity contribution >= 4 is 17.7 Å². The zero-order chi connectivity index (χ0) is 18.6. The molecule has 25 heavy (non-hydrogen) atoms. The van der Waals surface area contributed by atoms with Gasteiger partial charge in [0.2, 0.25) is 0 Å². The van der Waals surface area contributed by atoms with Crippen molar-refractivity contribution < 1.29 is 27.5 Å². The predicted octanol–water partition coefficient (Wildman–Crippen LogP) is 2.64. The Labute approximate surface area is 142 Å². The van der Waals surface area contributed by atoms with Crippen molar-refractivity contribution in [3.8, 4) is 0 Å². The van der Waals surface area contributed by atoms with E-state index >= 15 is 0 Å². The Balaban J connectivity index is 2.29. The number of anilines is 1. The van der Waals surface area contributed by atoms with Gasteiger partial charge in [-0.15, -0.1) is 0 Å². The lowest BCUT2D eigenvalue weighted by atomic mass is 10.0. The molecule has 1 aromatic rings. The fourth-order valence-corrected chi connectivity index (χ4v) is 2.49. The van der Waals surface area contributed by atoms with Gasteiger partial charge in [0.1, 0.15) is 0 Å². The molecule has 2 rings (SSSR count). The van der Waals surface area contributed by atoms with Crippen molar-refractivity contribution in [2.24, 2.45) is 0 Å². The molecule has 1 aliphatic rings. The molecule has 0 radical (unpaired) electrons. The van der Waals surface area contributed by atoms with E-state index in [2.05, 4.69) is 16.0 Å². The smallest absolute Gasteiger partial charge is 0.418 e. The van der Waals surface area contributed by atoms with Crippen molar-refractivity contribution in [3.63, 3.8) is 0 Å². The van der Waals surface area contributed by atoms with Crippen LogP contribution in [0.25, 0.3) is 0 Å². The zero-order valence-corrected chi connectivity index (χ0v) is 13.7. The number of rotatable bonds is 5. The molecule has 136 valence electrons. The van der Waals surface area contributed by atoms with E-state index in [9.17, 15) is 22.8 Å². The second-order valence-corrected chi connectivity index (χ2v) is 5.33. The lowest BCUT2D eigenvalue weighted by Crippen LogP contribution is -2.50. The number of benzene rings is 1. The summed E-state index contributed by atoms with van der Waals surface area (Å²) in [5.74, 6) is -0.636. The summed E-state index contributed by atoms with van der Waals surface area (Å²) in [5, 5.41) is 7.60. The van der Waals surface area contributed by atoms with Crippen LogP contribution in [0.2, 0.25) is 0 Å². The highest BCUT2D eigenvalue weighted by Crippen LogP contribution is 2.34. The first kappa shape index (κ1) is 18.6. The number of hydrogen-bond donors (Lipinski definition) is 3. The Morgan fingerprint density at radius 2 is 2.00 bits per heavy atom. The minimum Gasteiger partial charge on any atom is -0.463 e. The molecule has 6 nitrogen and oxygen atoms in total. The maximum atomic E-state index is 13.0. The van der Waals surface area contributed by atoms with Crippen LogP contribution < -0.4 is 16.0 Å². The van der Waals surface area contributed by atoms with Crippen molar-refractivity contribution in [1.29, 1.82) is 0 Å². The summed E-state index contributed by atoms with van der Waals surface area (Å²) in [5.41, 5.74) is -0.641. The fraction of sp³-hybridized carbons (Fsp3) is 0.375. The van der Waals surface area contributed by atoms with Crippen LogP contribution in [0.3, 0.4) is 0 Å². The van der Waals surface area contributed by atoms with Gasteiger partial charge in [0.05, 0.1) is 36.0 Å². The summed E-state index contributed by atoms with van der Waals surface area (Å²) >= 11 is 0. The monoisotopic (exact) mass is 357 g/mol. The molecule has 1 aliphatic heterocycles. The molecular weight excluding hydrogens is 339 g/mol. The molecule has 1 unspecified atom stereocenters. The minimum atomic E-state index is -4.52. The Morgan fingerprint density at radius 1 is 1.32 bits per heavy atom. The molecule has 2 amide bonds. The van der Waals surface area contributed by atoms with Gasteiger partial charge in [0.25, 0.3) is 0 Å². The maximum Gasteiger partial charge on any atom is 0.418 e. The number of halogens is 3. The first-order valence-electron chi connectivity index (χ1n) is 7.61. The summed E-state index contributed by atoms with van der Waals surface area (Å²) in [7, 11) is 0. The van der Waals surface area contributed by atoms with E-state index < -0.39 is 29.8 Å². The molecule has 0 aliphatic carbocycles. The molecule has 9 heteroatoms. The third-order valence-corrected chi connectivity index (χ3v) is 3.55. The van der Waals surface area contributed by atoms with Crippen LogP contribution >= 0.6 is 0 Å². The molecule has 0 saturated carbocycles. The zero-order valence-electron chi connectivity index (χ0n) is 13.7. The molecule has 1 heterocycles. The second-order valence-electron chi connectivity index (χ2n) is 5.33. The molecular formula is C16H18F3N3O3. The van der Waals surface area contributed by atoms with Crippen molar-refractivity contribution in [2.45, 2.75) is 26.1 Å². The highest BCUT2D eigenvalue weighted by molar-refractivity contribution is 5.94. The van der Waals surface area contributed by atoms with Gasteiger partial charge in [0.15, 0.2) is 0 Å². The standard InChI is InChI=1S/C16H18F3N3O3/c1-3-25-14(23)13-9(2)21-15(24)22-12(13)8-20-11-7-5-4-6-10(11)16(17,18)19/h4-7,9,20H,3,8H2,1-2H3,(H2,21,22,24). The average Bonchev–Trinajstić information content (AvgIpc) is 2.51. The Kier molecular flexibility index (Phi) is 5.55. The van der Waals surface area contributed by atoms with E-state index in [4.69, 9.17) is 4.74 Å². The van der Waals surface area contributed by atoms with Gasteiger partial charge in [0, 0.05) is 5.69 Å². The fourth-order valence-electron chi connectivity index (χ4n) is 2.49. The van der Waals surface area contributed by atoms with E-state index in [1.54, 1.807) is 13.8 Å². The lowest BCUT2D eigenvalue weighted by Gasteiger charge is -2.27. The number of carbonyl (C=O) groups is 2. The Hall–Kier alpha value is -2.71. The predicted molar refractivity (Wildman–Crippen MR) is 84.7 cm³/mol. The van der Waals surface area contributed by atoms with E-state index in [-0.39, 0.29) is 30.1 Å². The topological polar surface area (TPSA) is 79.5 Å². The van der Waals surface area contributed by atoms with Gasteiger partial charge in [-0.1, -0.05) is 12.1 Å². The van der Waals surface area contributed by atoms with Crippen LogP contribution in [0.15, 0.2) is 35.5 Å². The number of urea groups is 1. The quantitative estimate of drug-likeness (QED) is 0.708. The van der Waals surface area contributed by atoms with Crippen LogP contribution in [-0.4, -0.2) is 31.2 Å². The van der Waals surface area contributed by atoms with E-state index in [0.29, 0.717) is 0 Å². The lowest BCUT2D eigenvalue weighted by molar-refractivity contribution is -0.139. The number of hydrogen-bond acceptors (Lipinski definition) is 4. The van der Waals surface area contributed by atoms with Crippen LogP contribution in [-0.2, 0) is 15.7 Å². The van der Waals surface area contributed by atoms with Crippen molar-refractivity contribution in [1.82, 2.24) is 10.6 Å². The molecule has 0 bridgehead atoms. The largest absolute Gasteiger partial charge is 0.463 e. The molecule has 0 spiro atoms. The number of carbonyl (C=O) groups excluding carboxylic acids is 2. The van der Waals surface area contributed by atoms with Crippen LogP contribution in [0.5, 0.6) is 0 Å². The first-order valence-corrected chi connectivity index (χ1v) is 7.61. The van der Waals surface area contributed by atoms with Crippen LogP contribution in [0.4, 0.5) is 23.7 Å². The van der Waals surface area contributed by atoms with Gasteiger partial charge < -0.3 is 20.7 Å². The number of alkyl halides is 3. The number of esters is 1. The van der Waals surface area contributed by atoms with E-state index in [1.807, 2.05) is 0 Å². The maximum absolute atomic E-state index is 13.0. The molecule has 1 aromatic carbocycles. The average molecular weight is 357 g/mol. The SMILES string of the molecule is CCOC(=O)C1=C(CNc2ccccc2C(F)(F)F)NC(=O)NC1C. The normalized spacial score (nSPS) is 17.6. The van der Waals surface area contributed by atoms with Gasteiger partial charge in [-0.25, -0.2) is 9.59 Å². The Bertz CT molecular complexity index is 701. The highest BCUT2D eigenvalue weighted by Gasteiger charge is 2.34. The van der Waals surface area contributed by atoms with Gasteiger partial charge >= 0.3 is 18.2 Å². The molecule has 3 N–H and O–H groups in total. The number of ether oxygens (including phenoxy) is 1. The molecule has 0 aromatic heterocycles. The third kappa shape index (κ3) is 4.43. The highest BCUT2D eigenvalue weighted by atomic mass is 19.4. The van der Waals surface area contributed by atoms with Gasteiger partial charge in [-0.05, 0) is 26.0 Å². The number of amides is 2. The summed E-state index contributed by atoms with van der Waals surface area (Å²) < 4.78 is 44.1. The van der Waals surface area contributed by atoms with Crippen LogP contribution in [0.1, 0.15) is 19.4 Å². The van der Waals surface area contributed by atoms with Gasteiger partial charge in [-0.3, -0.25) is 0 Å². The molecule has 0 fully saturated rings. The van der Waals surface area contributed by atoms with Crippen molar-refractivity contribution in [2.75, 3.05) is 18.5 Å². The summed E-state index contributed by atoms with van der Waals surface area (Å²) in [6, 6.07) is 3.81. The second kappa shape index (κ2) is 7.45. The molecule has 0 saturated heterocycles. The molecule has 1 atom stereocenters. The third-order valence-electron chi connectivity index (χ3n) is 3.55. The Morgan fingerprint density at radius 3 is 2.64 bits per heavy atom. The summed E-state index contributed by atoms with van der Waals surface area (Å²) in [6.07, 6.45) is -4.52.